The SMILES string of the molecule is Cc1ccc2c(c1)CCCN2C(=O)CCc1ccccc1C(=O)O. The minimum Gasteiger partial charge on any atom is -0.478 e. The molecule has 0 aliphatic carbocycles. The van der Waals surface area contributed by atoms with E-state index in [0.717, 1.165) is 25.1 Å². The van der Waals surface area contributed by atoms with Crippen molar-refractivity contribution in [3.63, 3.8) is 0 Å². The van der Waals surface area contributed by atoms with Crippen molar-refractivity contribution in [2.24, 2.45) is 0 Å². The van der Waals surface area contributed by atoms with Crippen LogP contribution in [0.5, 0.6) is 0 Å². The summed E-state index contributed by atoms with van der Waals surface area (Å²) in [6.07, 6.45) is 2.73. The monoisotopic (exact) mass is 323 g/mol. The van der Waals surface area contributed by atoms with Gasteiger partial charge in [-0.1, -0.05) is 35.9 Å². The van der Waals surface area contributed by atoms with Crippen molar-refractivity contribution in [3.8, 4) is 0 Å². The van der Waals surface area contributed by atoms with Crippen LogP contribution in [0, 0.1) is 6.92 Å². The number of amides is 1. The van der Waals surface area contributed by atoms with Gasteiger partial charge in [-0.05, 0) is 49.4 Å². The van der Waals surface area contributed by atoms with Crippen LogP contribution in [-0.4, -0.2) is 23.5 Å². The van der Waals surface area contributed by atoms with Crippen molar-refractivity contribution in [2.45, 2.75) is 32.6 Å². The number of carbonyl (C=O) groups is 2. The molecular weight excluding hydrogens is 302 g/mol. The number of fused-ring (bicyclic) bond motifs is 1. The Morgan fingerprint density at radius 1 is 1.17 bits per heavy atom. The Morgan fingerprint density at radius 2 is 1.96 bits per heavy atom. The molecule has 2 aromatic rings. The second-order valence-electron chi connectivity index (χ2n) is 6.24. The number of benzene rings is 2. The van der Waals surface area contributed by atoms with Crippen LogP contribution in [0.15, 0.2) is 42.5 Å². The Hall–Kier alpha value is -2.62. The second kappa shape index (κ2) is 6.87. The minimum atomic E-state index is -0.947. The van der Waals surface area contributed by atoms with Gasteiger partial charge in [0.05, 0.1) is 5.56 Å². The number of carbonyl (C=O) groups excluding carboxylic acids is 1. The van der Waals surface area contributed by atoms with Crippen molar-refractivity contribution in [1.29, 1.82) is 0 Å². The lowest BCUT2D eigenvalue weighted by atomic mass is 9.98. The standard InChI is InChI=1S/C20H21NO3/c1-14-8-10-18-16(13-14)6-4-12-21(18)19(22)11-9-15-5-2-3-7-17(15)20(23)24/h2-3,5,7-8,10,13H,4,6,9,11-12H2,1H3,(H,23,24). The predicted octanol–water partition coefficient (Wildman–Crippen LogP) is 3.61. The van der Waals surface area contributed by atoms with E-state index in [4.69, 9.17) is 0 Å². The molecular formula is C20H21NO3. The fraction of sp³-hybridized carbons (Fsp3) is 0.300. The van der Waals surface area contributed by atoms with Crippen molar-refractivity contribution < 1.29 is 14.7 Å². The quantitative estimate of drug-likeness (QED) is 0.935. The fourth-order valence-corrected chi connectivity index (χ4v) is 3.31. The number of carboxylic acids is 1. The maximum Gasteiger partial charge on any atom is 0.335 e. The first-order valence-electron chi connectivity index (χ1n) is 8.27. The predicted molar refractivity (Wildman–Crippen MR) is 93.6 cm³/mol. The van der Waals surface area contributed by atoms with E-state index in [0.29, 0.717) is 18.4 Å². The number of hydrogen-bond acceptors (Lipinski definition) is 2. The Bertz CT molecular complexity index is 782. The Balaban J connectivity index is 1.74. The Morgan fingerprint density at radius 3 is 2.75 bits per heavy atom. The van der Waals surface area contributed by atoms with Gasteiger partial charge in [0.1, 0.15) is 0 Å². The summed E-state index contributed by atoms with van der Waals surface area (Å²) in [4.78, 5) is 25.8. The number of aromatic carboxylic acids is 1. The first-order valence-corrected chi connectivity index (χ1v) is 8.27. The number of carboxylic acid groups (broad SMARTS) is 1. The molecule has 0 radical (unpaired) electrons. The van der Waals surface area contributed by atoms with Crippen LogP contribution in [0.3, 0.4) is 0 Å². The fourth-order valence-electron chi connectivity index (χ4n) is 3.31. The van der Waals surface area contributed by atoms with Crippen molar-refractivity contribution >= 4 is 17.6 Å². The summed E-state index contributed by atoms with van der Waals surface area (Å²) >= 11 is 0. The third-order valence-electron chi connectivity index (χ3n) is 4.51. The van der Waals surface area contributed by atoms with E-state index in [1.165, 1.54) is 11.1 Å². The zero-order valence-corrected chi connectivity index (χ0v) is 13.8. The van der Waals surface area contributed by atoms with E-state index in [1.54, 1.807) is 18.2 Å². The van der Waals surface area contributed by atoms with Gasteiger partial charge in [0.15, 0.2) is 0 Å². The van der Waals surface area contributed by atoms with Crippen molar-refractivity contribution in [3.05, 3.63) is 64.7 Å². The molecule has 4 nitrogen and oxygen atoms in total. The molecule has 0 spiro atoms. The van der Waals surface area contributed by atoms with E-state index in [1.807, 2.05) is 23.1 Å². The smallest absolute Gasteiger partial charge is 0.335 e. The molecule has 1 aliphatic heterocycles. The van der Waals surface area contributed by atoms with Gasteiger partial charge in [0.2, 0.25) is 5.91 Å². The molecule has 124 valence electrons. The number of rotatable bonds is 4. The average molecular weight is 323 g/mol. The zero-order chi connectivity index (χ0) is 17.1. The van der Waals surface area contributed by atoms with E-state index in [-0.39, 0.29) is 11.5 Å². The molecule has 4 heteroatoms. The molecule has 0 saturated heterocycles. The Kier molecular flexibility index (Phi) is 4.65. The lowest BCUT2D eigenvalue weighted by Crippen LogP contribution is -2.35. The highest BCUT2D eigenvalue weighted by molar-refractivity contribution is 5.95. The molecule has 0 fully saturated rings. The number of nitrogens with zero attached hydrogens (tertiary/aromatic N) is 1. The maximum atomic E-state index is 12.7. The summed E-state index contributed by atoms with van der Waals surface area (Å²) < 4.78 is 0. The molecule has 24 heavy (non-hydrogen) atoms. The van der Waals surface area contributed by atoms with Gasteiger partial charge in [0, 0.05) is 18.7 Å². The van der Waals surface area contributed by atoms with Gasteiger partial charge < -0.3 is 10.0 Å². The average Bonchev–Trinajstić information content (AvgIpc) is 2.59. The largest absolute Gasteiger partial charge is 0.478 e. The molecule has 0 aromatic heterocycles. The first kappa shape index (κ1) is 16.2. The second-order valence-corrected chi connectivity index (χ2v) is 6.24. The van der Waals surface area contributed by atoms with E-state index >= 15 is 0 Å². The molecule has 0 unspecified atom stereocenters. The van der Waals surface area contributed by atoms with Crippen LogP contribution in [0.25, 0.3) is 0 Å². The zero-order valence-electron chi connectivity index (χ0n) is 13.8. The van der Waals surface area contributed by atoms with E-state index < -0.39 is 5.97 Å². The van der Waals surface area contributed by atoms with Gasteiger partial charge in [-0.25, -0.2) is 4.79 Å². The first-order chi connectivity index (χ1) is 11.6. The Labute approximate surface area is 141 Å². The minimum absolute atomic E-state index is 0.0556. The maximum absolute atomic E-state index is 12.7. The molecule has 0 atom stereocenters. The summed E-state index contributed by atoms with van der Waals surface area (Å²) in [6.45, 7) is 2.79. The number of hydrogen-bond donors (Lipinski definition) is 1. The van der Waals surface area contributed by atoms with E-state index in [2.05, 4.69) is 13.0 Å². The topological polar surface area (TPSA) is 57.6 Å². The van der Waals surface area contributed by atoms with Gasteiger partial charge in [-0.15, -0.1) is 0 Å². The molecule has 1 heterocycles. The molecule has 1 amide bonds. The summed E-state index contributed by atoms with van der Waals surface area (Å²) in [6, 6.07) is 13.1. The van der Waals surface area contributed by atoms with Crippen LogP contribution in [0.2, 0.25) is 0 Å². The highest BCUT2D eigenvalue weighted by Crippen LogP contribution is 2.28. The van der Waals surface area contributed by atoms with Gasteiger partial charge in [0.25, 0.3) is 0 Å². The van der Waals surface area contributed by atoms with Crippen LogP contribution < -0.4 is 4.90 Å². The van der Waals surface area contributed by atoms with Crippen molar-refractivity contribution in [2.75, 3.05) is 11.4 Å². The van der Waals surface area contributed by atoms with Crippen LogP contribution in [0.1, 0.15) is 39.9 Å². The summed E-state index contributed by atoms with van der Waals surface area (Å²) in [5.41, 5.74) is 4.42. The van der Waals surface area contributed by atoms with Gasteiger partial charge in [-0.3, -0.25) is 4.79 Å². The highest BCUT2D eigenvalue weighted by atomic mass is 16.4. The highest BCUT2D eigenvalue weighted by Gasteiger charge is 2.22. The normalized spacial score (nSPS) is 13.5. The number of anilines is 1. The summed E-state index contributed by atoms with van der Waals surface area (Å²) in [7, 11) is 0. The van der Waals surface area contributed by atoms with Crippen LogP contribution in [0.4, 0.5) is 5.69 Å². The van der Waals surface area contributed by atoms with Crippen LogP contribution >= 0.6 is 0 Å². The lowest BCUT2D eigenvalue weighted by Gasteiger charge is -2.30. The summed E-state index contributed by atoms with van der Waals surface area (Å²) in [5.74, 6) is -0.892. The third-order valence-corrected chi connectivity index (χ3v) is 4.51. The molecule has 3 rings (SSSR count). The van der Waals surface area contributed by atoms with Gasteiger partial charge in [-0.2, -0.15) is 0 Å². The van der Waals surface area contributed by atoms with E-state index in [9.17, 15) is 14.7 Å². The summed E-state index contributed by atoms with van der Waals surface area (Å²) in [5, 5.41) is 9.24. The van der Waals surface area contributed by atoms with Gasteiger partial charge >= 0.3 is 5.97 Å². The molecule has 2 aromatic carbocycles. The van der Waals surface area contributed by atoms with Crippen molar-refractivity contribution in [1.82, 2.24) is 0 Å². The third kappa shape index (κ3) is 3.32. The number of aryl methyl sites for hydroxylation is 3. The molecule has 1 N–H and O–H groups in total. The molecule has 0 saturated carbocycles. The lowest BCUT2D eigenvalue weighted by molar-refractivity contribution is -0.118. The van der Waals surface area contributed by atoms with Crippen LogP contribution in [-0.2, 0) is 17.6 Å². The molecule has 1 aliphatic rings. The molecule has 0 bridgehead atoms.